The Kier molecular flexibility index (Phi) is 5.46. The predicted octanol–water partition coefficient (Wildman–Crippen LogP) is 2.33. The van der Waals surface area contributed by atoms with Gasteiger partial charge in [0.25, 0.3) is 0 Å². The van der Waals surface area contributed by atoms with E-state index in [2.05, 4.69) is 30.9 Å². The number of hydrogen-bond donors (Lipinski definition) is 1. The summed E-state index contributed by atoms with van der Waals surface area (Å²) in [5.41, 5.74) is 5.92. The molecule has 0 amide bonds. The van der Waals surface area contributed by atoms with Crippen LogP contribution in [0.2, 0.25) is 0 Å². The summed E-state index contributed by atoms with van der Waals surface area (Å²) in [5.74, 6) is 2.16. The molecule has 1 heterocycles. The van der Waals surface area contributed by atoms with Crippen molar-refractivity contribution in [3.8, 4) is 0 Å². The van der Waals surface area contributed by atoms with Gasteiger partial charge in [0.15, 0.2) is 5.82 Å². The molecule has 0 saturated heterocycles. The average Bonchev–Trinajstić information content (AvgIpc) is 2.63. The largest absolute Gasteiger partial charge is 0.339 e. The van der Waals surface area contributed by atoms with Gasteiger partial charge < -0.3 is 10.3 Å². The predicted molar refractivity (Wildman–Crippen MR) is 64.0 cm³/mol. The Morgan fingerprint density at radius 3 is 2.69 bits per heavy atom. The lowest BCUT2D eigenvalue weighted by molar-refractivity contribution is 0.360. The molecule has 1 aromatic heterocycles. The molecule has 0 radical (unpaired) electrons. The Bertz CT molecular complexity index is 296. The standard InChI is InChI=1S/C12H23N3O/c1-4-5-10(13)8-12-14-11(15-16-12)7-6-9(2)3/h9-10H,4-8,13H2,1-3H3. The van der Waals surface area contributed by atoms with Crippen LogP contribution >= 0.6 is 0 Å². The van der Waals surface area contributed by atoms with E-state index in [0.717, 1.165) is 31.5 Å². The molecule has 1 aromatic rings. The first-order valence-electron chi connectivity index (χ1n) is 6.18. The highest BCUT2D eigenvalue weighted by Gasteiger charge is 2.10. The van der Waals surface area contributed by atoms with Crippen LogP contribution in [0, 0.1) is 5.92 Å². The van der Waals surface area contributed by atoms with Crippen molar-refractivity contribution in [1.82, 2.24) is 10.1 Å². The summed E-state index contributed by atoms with van der Waals surface area (Å²) in [6.45, 7) is 6.51. The van der Waals surface area contributed by atoms with Crippen molar-refractivity contribution in [3.05, 3.63) is 11.7 Å². The lowest BCUT2D eigenvalue weighted by Gasteiger charge is -2.05. The zero-order valence-corrected chi connectivity index (χ0v) is 10.6. The van der Waals surface area contributed by atoms with Gasteiger partial charge in [0.2, 0.25) is 5.89 Å². The molecule has 2 N–H and O–H groups in total. The number of aryl methyl sites for hydroxylation is 1. The van der Waals surface area contributed by atoms with Crippen molar-refractivity contribution >= 4 is 0 Å². The molecule has 0 saturated carbocycles. The third-order valence-corrected chi connectivity index (χ3v) is 2.55. The Hall–Kier alpha value is -0.900. The maximum Gasteiger partial charge on any atom is 0.228 e. The van der Waals surface area contributed by atoms with Gasteiger partial charge in [-0.25, -0.2) is 0 Å². The number of hydrogen-bond acceptors (Lipinski definition) is 4. The third-order valence-electron chi connectivity index (χ3n) is 2.55. The van der Waals surface area contributed by atoms with E-state index in [0.29, 0.717) is 18.2 Å². The van der Waals surface area contributed by atoms with E-state index in [1.807, 2.05) is 0 Å². The molecule has 4 nitrogen and oxygen atoms in total. The Morgan fingerprint density at radius 1 is 1.31 bits per heavy atom. The van der Waals surface area contributed by atoms with Gasteiger partial charge in [0, 0.05) is 18.9 Å². The summed E-state index contributed by atoms with van der Waals surface area (Å²) in [6.07, 6.45) is 4.78. The fraction of sp³-hybridized carbons (Fsp3) is 0.833. The second kappa shape index (κ2) is 6.63. The first-order chi connectivity index (χ1) is 7.61. The van der Waals surface area contributed by atoms with Gasteiger partial charge in [-0.2, -0.15) is 4.98 Å². The maximum atomic E-state index is 5.92. The summed E-state index contributed by atoms with van der Waals surface area (Å²) < 4.78 is 5.17. The van der Waals surface area contributed by atoms with Crippen LogP contribution < -0.4 is 5.73 Å². The number of rotatable bonds is 7. The van der Waals surface area contributed by atoms with Gasteiger partial charge in [-0.3, -0.25) is 0 Å². The van der Waals surface area contributed by atoms with Crippen molar-refractivity contribution in [2.24, 2.45) is 11.7 Å². The summed E-state index contributed by atoms with van der Waals surface area (Å²) in [6, 6.07) is 0.142. The number of nitrogens with two attached hydrogens (primary N) is 1. The Morgan fingerprint density at radius 2 is 2.06 bits per heavy atom. The zero-order chi connectivity index (χ0) is 12.0. The van der Waals surface area contributed by atoms with E-state index < -0.39 is 0 Å². The van der Waals surface area contributed by atoms with Crippen molar-refractivity contribution in [1.29, 1.82) is 0 Å². The molecule has 1 rings (SSSR count). The van der Waals surface area contributed by atoms with Gasteiger partial charge in [-0.15, -0.1) is 0 Å². The Balaban J connectivity index is 2.39. The van der Waals surface area contributed by atoms with E-state index in [1.54, 1.807) is 0 Å². The molecule has 92 valence electrons. The number of nitrogens with zero attached hydrogens (tertiary/aromatic N) is 2. The maximum absolute atomic E-state index is 5.92. The lowest BCUT2D eigenvalue weighted by Crippen LogP contribution is -2.22. The lowest BCUT2D eigenvalue weighted by atomic mass is 10.1. The fourth-order valence-corrected chi connectivity index (χ4v) is 1.59. The van der Waals surface area contributed by atoms with E-state index >= 15 is 0 Å². The van der Waals surface area contributed by atoms with Crippen LogP contribution in [-0.4, -0.2) is 16.2 Å². The van der Waals surface area contributed by atoms with Crippen molar-refractivity contribution in [2.75, 3.05) is 0 Å². The molecule has 4 heteroatoms. The minimum Gasteiger partial charge on any atom is -0.339 e. The quantitative estimate of drug-likeness (QED) is 0.773. The van der Waals surface area contributed by atoms with Gasteiger partial charge in [0.1, 0.15) is 0 Å². The molecule has 0 bridgehead atoms. The normalized spacial score (nSPS) is 13.3. The molecule has 0 spiro atoms. The van der Waals surface area contributed by atoms with Crippen molar-refractivity contribution in [2.45, 2.75) is 58.9 Å². The van der Waals surface area contributed by atoms with Gasteiger partial charge in [0.05, 0.1) is 0 Å². The molecule has 0 fully saturated rings. The van der Waals surface area contributed by atoms with Gasteiger partial charge in [-0.05, 0) is 18.8 Å². The monoisotopic (exact) mass is 225 g/mol. The minimum absolute atomic E-state index is 0.142. The van der Waals surface area contributed by atoms with E-state index in [9.17, 15) is 0 Å². The second-order valence-electron chi connectivity index (χ2n) is 4.79. The second-order valence-corrected chi connectivity index (χ2v) is 4.79. The first kappa shape index (κ1) is 13.2. The minimum atomic E-state index is 0.142. The molecule has 1 unspecified atom stereocenters. The highest BCUT2D eigenvalue weighted by atomic mass is 16.5. The smallest absolute Gasteiger partial charge is 0.228 e. The van der Waals surface area contributed by atoms with Crippen LogP contribution in [0.4, 0.5) is 0 Å². The topological polar surface area (TPSA) is 64.9 Å². The summed E-state index contributed by atoms with van der Waals surface area (Å²) in [7, 11) is 0. The van der Waals surface area contributed by atoms with Crippen LogP contribution in [-0.2, 0) is 12.8 Å². The summed E-state index contributed by atoms with van der Waals surface area (Å²) >= 11 is 0. The highest BCUT2D eigenvalue weighted by Crippen LogP contribution is 2.08. The number of aromatic nitrogens is 2. The molecule has 0 aliphatic rings. The van der Waals surface area contributed by atoms with Crippen LogP contribution in [0.15, 0.2) is 4.52 Å². The van der Waals surface area contributed by atoms with E-state index in [1.165, 1.54) is 0 Å². The summed E-state index contributed by atoms with van der Waals surface area (Å²) in [5, 5.41) is 3.96. The molecule has 0 aliphatic carbocycles. The van der Waals surface area contributed by atoms with Gasteiger partial charge >= 0.3 is 0 Å². The van der Waals surface area contributed by atoms with Crippen LogP contribution in [0.5, 0.6) is 0 Å². The van der Waals surface area contributed by atoms with Crippen LogP contribution in [0.3, 0.4) is 0 Å². The molecular formula is C12H23N3O. The first-order valence-corrected chi connectivity index (χ1v) is 6.18. The molecule has 0 aromatic carbocycles. The van der Waals surface area contributed by atoms with Crippen molar-refractivity contribution < 1.29 is 4.52 Å². The molecule has 16 heavy (non-hydrogen) atoms. The SMILES string of the molecule is CCCC(N)Cc1nc(CCC(C)C)no1. The van der Waals surface area contributed by atoms with Crippen molar-refractivity contribution in [3.63, 3.8) is 0 Å². The van der Waals surface area contributed by atoms with Gasteiger partial charge in [-0.1, -0.05) is 32.3 Å². The molecule has 1 atom stereocenters. The van der Waals surface area contributed by atoms with Crippen LogP contribution in [0.1, 0.15) is 51.7 Å². The Labute approximate surface area is 97.6 Å². The summed E-state index contributed by atoms with van der Waals surface area (Å²) in [4.78, 5) is 4.35. The average molecular weight is 225 g/mol. The highest BCUT2D eigenvalue weighted by molar-refractivity contribution is 4.89. The van der Waals surface area contributed by atoms with E-state index in [-0.39, 0.29) is 6.04 Å². The third kappa shape index (κ3) is 4.75. The fourth-order valence-electron chi connectivity index (χ4n) is 1.59. The van der Waals surface area contributed by atoms with Crippen LogP contribution in [0.25, 0.3) is 0 Å². The molecule has 0 aliphatic heterocycles. The molecular weight excluding hydrogens is 202 g/mol. The van der Waals surface area contributed by atoms with E-state index in [4.69, 9.17) is 10.3 Å². The zero-order valence-electron chi connectivity index (χ0n) is 10.6.